The van der Waals surface area contributed by atoms with Gasteiger partial charge < -0.3 is 0 Å². The fourth-order valence-corrected chi connectivity index (χ4v) is 3.04. The summed E-state index contributed by atoms with van der Waals surface area (Å²) in [6.45, 7) is 0. The molecular formula is C23H17NO. The van der Waals surface area contributed by atoms with Gasteiger partial charge in [-0.15, -0.1) is 0 Å². The molecule has 0 fully saturated rings. The van der Waals surface area contributed by atoms with E-state index in [9.17, 15) is 4.79 Å². The van der Waals surface area contributed by atoms with E-state index in [1.54, 1.807) is 4.57 Å². The van der Waals surface area contributed by atoms with Gasteiger partial charge in [0.1, 0.15) is 0 Å². The molecule has 0 saturated heterocycles. The van der Waals surface area contributed by atoms with Crippen LogP contribution in [0.25, 0.3) is 28.1 Å². The molecule has 1 heterocycles. The fourth-order valence-electron chi connectivity index (χ4n) is 3.04. The zero-order valence-corrected chi connectivity index (χ0v) is 13.7. The molecule has 0 radical (unpaired) electrons. The summed E-state index contributed by atoms with van der Waals surface area (Å²) in [5.41, 5.74) is 4.38. The maximum absolute atomic E-state index is 13.3. The highest BCUT2D eigenvalue weighted by molar-refractivity contribution is 5.69. The first-order valence-electron chi connectivity index (χ1n) is 8.27. The quantitative estimate of drug-likeness (QED) is 0.510. The number of hydrogen-bond donors (Lipinski definition) is 0. The molecule has 0 aliphatic carbocycles. The van der Waals surface area contributed by atoms with Gasteiger partial charge in [-0.05, 0) is 35.4 Å². The first-order valence-corrected chi connectivity index (χ1v) is 8.27. The molecule has 25 heavy (non-hydrogen) atoms. The van der Waals surface area contributed by atoms with Crippen LogP contribution in [0.1, 0.15) is 0 Å². The lowest BCUT2D eigenvalue weighted by molar-refractivity contribution is 1.00. The van der Waals surface area contributed by atoms with Gasteiger partial charge in [0.15, 0.2) is 0 Å². The van der Waals surface area contributed by atoms with Crippen molar-refractivity contribution in [1.29, 1.82) is 0 Å². The zero-order valence-electron chi connectivity index (χ0n) is 13.7. The fraction of sp³-hybridized carbons (Fsp3) is 0. The van der Waals surface area contributed by atoms with Crippen LogP contribution in [-0.2, 0) is 0 Å². The average molecular weight is 323 g/mol. The average Bonchev–Trinajstić information content (AvgIpc) is 2.70. The number of hydrogen-bond acceptors (Lipinski definition) is 1. The van der Waals surface area contributed by atoms with Crippen LogP contribution in [0, 0.1) is 0 Å². The number of pyridine rings is 1. The monoisotopic (exact) mass is 323 g/mol. The third kappa shape index (κ3) is 2.90. The second-order valence-electron chi connectivity index (χ2n) is 5.84. The Morgan fingerprint density at radius 3 is 1.64 bits per heavy atom. The summed E-state index contributed by atoms with van der Waals surface area (Å²) < 4.78 is 1.79. The van der Waals surface area contributed by atoms with Gasteiger partial charge in [-0.3, -0.25) is 9.36 Å². The van der Waals surface area contributed by atoms with Crippen molar-refractivity contribution in [3.05, 3.63) is 113 Å². The lowest BCUT2D eigenvalue weighted by Crippen LogP contribution is -2.21. The van der Waals surface area contributed by atoms with E-state index < -0.39 is 0 Å². The van der Waals surface area contributed by atoms with Crippen molar-refractivity contribution in [2.24, 2.45) is 0 Å². The molecule has 1 aromatic heterocycles. The Balaban J connectivity index is 2.01. The highest BCUT2D eigenvalue weighted by atomic mass is 16.1. The van der Waals surface area contributed by atoms with E-state index in [2.05, 4.69) is 0 Å². The molecule has 2 heteroatoms. The molecule has 0 spiro atoms. The molecule has 0 aliphatic rings. The van der Waals surface area contributed by atoms with Gasteiger partial charge in [-0.1, -0.05) is 78.9 Å². The second-order valence-corrected chi connectivity index (χ2v) is 5.84. The third-order valence-electron chi connectivity index (χ3n) is 4.25. The lowest BCUT2D eigenvalue weighted by Gasteiger charge is -2.15. The topological polar surface area (TPSA) is 22.0 Å². The molecule has 3 aromatic carbocycles. The standard InChI is InChI=1S/C23H17NO/c25-23-21(18-10-4-1-5-11-18)16-17-22(19-12-6-2-7-13-19)24(23)20-14-8-3-9-15-20/h1-17H. The van der Waals surface area contributed by atoms with Gasteiger partial charge in [-0.2, -0.15) is 0 Å². The summed E-state index contributed by atoms with van der Waals surface area (Å²) in [5.74, 6) is 0. The Morgan fingerprint density at radius 1 is 0.520 bits per heavy atom. The van der Waals surface area contributed by atoms with E-state index in [0.717, 1.165) is 22.5 Å². The molecule has 0 bridgehead atoms. The summed E-state index contributed by atoms with van der Waals surface area (Å²) in [4.78, 5) is 13.3. The van der Waals surface area contributed by atoms with Crippen LogP contribution in [-0.4, -0.2) is 4.57 Å². The molecule has 2 nitrogen and oxygen atoms in total. The van der Waals surface area contributed by atoms with Crippen molar-refractivity contribution >= 4 is 0 Å². The minimum Gasteiger partial charge on any atom is -0.276 e. The van der Waals surface area contributed by atoms with Crippen molar-refractivity contribution in [3.8, 4) is 28.1 Å². The summed E-state index contributed by atoms with van der Waals surface area (Å²) in [6, 6.07) is 33.5. The minimum absolute atomic E-state index is 0.0150. The van der Waals surface area contributed by atoms with Gasteiger partial charge in [-0.25, -0.2) is 0 Å². The number of para-hydroxylation sites is 1. The van der Waals surface area contributed by atoms with Crippen LogP contribution < -0.4 is 5.56 Å². The molecule has 120 valence electrons. The Bertz CT molecular complexity index is 1040. The predicted molar refractivity (Wildman–Crippen MR) is 103 cm³/mol. The van der Waals surface area contributed by atoms with Crippen molar-refractivity contribution in [1.82, 2.24) is 4.57 Å². The van der Waals surface area contributed by atoms with Crippen LogP contribution in [0.3, 0.4) is 0 Å². The summed E-state index contributed by atoms with van der Waals surface area (Å²) in [6.07, 6.45) is 0. The SMILES string of the molecule is O=c1c(-c2ccccc2)ccc(-c2ccccc2)n1-c1ccccc1. The molecule has 0 aliphatic heterocycles. The Hall–Kier alpha value is -3.39. The van der Waals surface area contributed by atoms with Gasteiger partial charge in [0, 0.05) is 11.3 Å². The number of benzene rings is 3. The predicted octanol–water partition coefficient (Wildman–Crippen LogP) is 5.17. The molecular weight excluding hydrogens is 306 g/mol. The number of aromatic nitrogens is 1. The van der Waals surface area contributed by atoms with Crippen LogP contribution in [0.5, 0.6) is 0 Å². The van der Waals surface area contributed by atoms with E-state index in [1.807, 2.05) is 103 Å². The maximum Gasteiger partial charge on any atom is 0.263 e. The Morgan fingerprint density at radius 2 is 1.04 bits per heavy atom. The van der Waals surface area contributed by atoms with Crippen molar-refractivity contribution in [3.63, 3.8) is 0 Å². The maximum atomic E-state index is 13.3. The molecule has 4 rings (SSSR count). The van der Waals surface area contributed by atoms with Crippen LogP contribution in [0.2, 0.25) is 0 Å². The molecule has 0 atom stereocenters. The van der Waals surface area contributed by atoms with Gasteiger partial charge in [0.25, 0.3) is 5.56 Å². The van der Waals surface area contributed by atoms with Crippen LogP contribution in [0.4, 0.5) is 0 Å². The zero-order chi connectivity index (χ0) is 17.1. The lowest BCUT2D eigenvalue weighted by atomic mass is 10.0. The second kappa shape index (κ2) is 6.62. The summed E-state index contributed by atoms with van der Waals surface area (Å²) >= 11 is 0. The van der Waals surface area contributed by atoms with Crippen molar-refractivity contribution in [2.45, 2.75) is 0 Å². The molecule has 4 aromatic rings. The Kier molecular flexibility index (Phi) is 4.01. The van der Waals surface area contributed by atoms with E-state index in [0.29, 0.717) is 5.56 Å². The summed E-state index contributed by atoms with van der Waals surface area (Å²) in [7, 11) is 0. The summed E-state index contributed by atoms with van der Waals surface area (Å²) in [5, 5.41) is 0. The van der Waals surface area contributed by atoms with E-state index in [1.165, 1.54) is 0 Å². The van der Waals surface area contributed by atoms with E-state index in [-0.39, 0.29) is 5.56 Å². The number of nitrogens with zero attached hydrogens (tertiary/aromatic N) is 1. The first-order chi connectivity index (χ1) is 12.3. The van der Waals surface area contributed by atoms with Crippen LogP contribution >= 0.6 is 0 Å². The normalized spacial score (nSPS) is 10.6. The Labute approximate surface area is 146 Å². The molecule has 0 unspecified atom stereocenters. The van der Waals surface area contributed by atoms with Crippen LogP contribution in [0.15, 0.2) is 108 Å². The molecule has 0 amide bonds. The largest absolute Gasteiger partial charge is 0.276 e. The highest BCUT2D eigenvalue weighted by Gasteiger charge is 2.13. The third-order valence-corrected chi connectivity index (χ3v) is 4.25. The smallest absolute Gasteiger partial charge is 0.263 e. The minimum atomic E-state index is -0.0150. The van der Waals surface area contributed by atoms with Crippen molar-refractivity contribution in [2.75, 3.05) is 0 Å². The molecule has 0 N–H and O–H groups in total. The van der Waals surface area contributed by atoms with Gasteiger partial charge >= 0.3 is 0 Å². The number of rotatable bonds is 3. The molecule has 0 saturated carbocycles. The highest BCUT2D eigenvalue weighted by Crippen LogP contribution is 2.24. The first kappa shape index (κ1) is 15.2. The van der Waals surface area contributed by atoms with Gasteiger partial charge in [0.2, 0.25) is 0 Å². The van der Waals surface area contributed by atoms with Crippen molar-refractivity contribution < 1.29 is 0 Å². The van der Waals surface area contributed by atoms with E-state index >= 15 is 0 Å². The van der Waals surface area contributed by atoms with E-state index in [4.69, 9.17) is 0 Å². The van der Waals surface area contributed by atoms with Gasteiger partial charge in [0.05, 0.1) is 5.69 Å².